The summed E-state index contributed by atoms with van der Waals surface area (Å²) >= 11 is 0. The average Bonchev–Trinajstić information content (AvgIpc) is 3.24. The van der Waals surface area contributed by atoms with E-state index in [1.807, 2.05) is 58.3 Å². The van der Waals surface area contributed by atoms with Gasteiger partial charge in [0.1, 0.15) is 0 Å². The highest BCUT2D eigenvalue weighted by atomic mass is 16.2. The fourth-order valence-electron chi connectivity index (χ4n) is 4.90. The van der Waals surface area contributed by atoms with Crippen molar-refractivity contribution in [3.05, 3.63) is 95.6 Å². The molecule has 4 heterocycles. The molecule has 3 aromatic heterocycles. The normalized spacial score (nSPS) is 16.4. The van der Waals surface area contributed by atoms with E-state index >= 15 is 0 Å². The Morgan fingerprint density at radius 1 is 1.09 bits per heavy atom. The lowest BCUT2D eigenvalue weighted by Gasteiger charge is -2.22. The standard InChI is InChI=1S/C28H31N5O/c1-21-8-9-25(18-26(21)30-20-23-5-2-12-29-19-23)28(34)32-14-3-6-22(11-16-32)17-24-7-4-15-33-27(24)10-13-31-33/h2,4-5,7-10,12-13,15,18-19,22,30H,3,6,11,14,16-17,20H2,1H3. The minimum atomic E-state index is 0.128. The van der Waals surface area contributed by atoms with Crippen LogP contribution in [0.15, 0.2) is 73.3 Å². The average molecular weight is 454 g/mol. The van der Waals surface area contributed by atoms with Gasteiger partial charge in [-0.1, -0.05) is 18.2 Å². The number of pyridine rings is 2. The predicted octanol–water partition coefficient (Wildman–Crippen LogP) is 5.13. The second kappa shape index (κ2) is 10.1. The Labute approximate surface area is 200 Å². The zero-order valence-electron chi connectivity index (χ0n) is 19.7. The van der Waals surface area contributed by atoms with E-state index in [1.54, 1.807) is 6.20 Å². The molecule has 5 rings (SSSR count). The Balaban J connectivity index is 1.23. The van der Waals surface area contributed by atoms with E-state index < -0.39 is 0 Å². The van der Waals surface area contributed by atoms with Crippen LogP contribution < -0.4 is 5.32 Å². The van der Waals surface area contributed by atoms with Gasteiger partial charge in [0.05, 0.1) is 5.52 Å². The Hall–Kier alpha value is -3.67. The Morgan fingerprint density at radius 2 is 2.03 bits per heavy atom. The van der Waals surface area contributed by atoms with Crippen LogP contribution in [0, 0.1) is 12.8 Å². The van der Waals surface area contributed by atoms with Crippen molar-refractivity contribution >= 4 is 17.1 Å². The van der Waals surface area contributed by atoms with Gasteiger partial charge in [-0.2, -0.15) is 5.10 Å². The van der Waals surface area contributed by atoms with E-state index in [0.29, 0.717) is 12.5 Å². The lowest BCUT2D eigenvalue weighted by molar-refractivity contribution is 0.0760. The van der Waals surface area contributed by atoms with Crippen molar-refractivity contribution in [1.82, 2.24) is 19.5 Å². The molecule has 0 bridgehead atoms. The maximum Gasteiger partial charge on any atom is 0.253 e. The molecular formula is C28H31N5O. The summed E-state index contributed by atoms with van der Waals surface area (Å²) in [6, 6.07) is 16.3. The summed E-state index contributed by atoms with van der Waals surface area (Å²) in [5.74, 6) is 0.705. The molecule has 174 valence electrons. The van der Waals surface area contributed by atoms with E-state index in [2.05, 4.69) is 40.5 Å². The largest absolute Gasteiger partial charge is 0.381 e. The predicted molar refractivity (Wildman–Crippen MR) is 135 cm³/mol. The van der Waals surface area contributed by atoms with Crippen molar-refractivity contribution in [3.8, 4) is 0 Å². The van der Waals surface area contributed by atoms with Crippen molar-refractivity contribution in [2.45, 2.75) is 39.2 Å². The van der Waals surface area contributed by atoms with Crippen LogP contribution in [0.4, 0.5) is 5.69 Å². The molecule has 1 N–H and O–H groups in total. The van der Waals surface area contributed by atoms with Gasteiger partial charge in [-0.15, -0.1) is 0 Å². The molecule has 1 aliphatic rings. The topological polar surface area (TPSA) is 62.5 Å². The molecule has 1 unspecified atom stereocenters. The minimum Gasteiger partial charge on any atom is -0.381 e. The number of hydrogen-bond acceptors (Lipinski definition) is 4. The van der Waals surface area contributed by atoms with Crippen molar-refractivity contribution in [1.29, 1.82) is 0 Å². The first-order valence-corrected chi connectivity index (χ1v) is 12.1. The van der Waals surface area contributed by atoms with Gasteiger partial charge in [-0.05, 0) is 85.5 Å². The van der Waals surface area contributed by atoms with Crippen LogP contribution in [0.3, 0.4) is 0 Å². The first-order chi connectivity index (χ1) is 16.7. The quantitative estimate of drug-likeness (QED) is 0.439. The third kappa shape index (κ3) is 4.96. The van der Waals surface area contributed by atoms with Crippen LogP contribution in [-0.4, -0.2) is 38.5 Å². The van der Waals surface area contributed by atoms with Gasteiger partial charge in [0, 0.05) is 55.7 Å². The number of aromatic nitrogens is 3. The fraction of sp³-hybridized carbons (Fsp3) is 0.321. The Kier molecular flexibility index (Phi) is 6.56. The molecule has 6 nitrogen and oxygen atoms in total. The number of fused-ring (bicyclic) bond motifs is 1. The highest BCUT2D eigenvalue weighted by Crippen LogP contribution is 2.26. The van der Waals surface area contributed by atoms with Gasteiger partial charge in [0.2, 0.25) is 0 Å². The van der Waals surface area contributed by atoms with Gasteiger partial charge in [-0.3, -0.25) is 9.78 Å². The van der Waals surface area contributed by atoms with E-state index in [-0.39, 0.29) is 5.91 Å². The van der Waals surface area contributed by atoms with Crippen LogP contribution in [0.25, 0.3) is 5.52 Å². The number of anilines is 1. The maximum absolute atomic E-state index is 13.4. The summed E-state index contributed by atoms with van der Waals surface area (Å²) in [5, 5.41) is 7.83. The lowest BCUT2D eigenvalue weighted by atomic mass is 9.92. The molecule has 1 aliphatic heterocycles. The number of nitrogens with one attached hydrogen (secondary N) is 1. The molecule has 1 fully saturated rings. The summed E-state index contributed by atoms with van der Waals surface area (Å²) in [6.07, 6.45) is 11.7. The number of carbonyl (C=O) groups excluding carboxylic acids is 1. The molecule has 1 atom stereocenters. The van der Waals surface area contributed by atoms with Crippen LogP contribution in [0.1, 0.15) is 46.3 Å². The summed E-state index contributed by atoms with van der Waals surface area (Å²) in [4.78, 5) is 19.6. The zero-order valence-corrected chi connectivity index (χ0v) is 19.7. The van der Waals surface area contributed by atoms with Crippen molar-refractivity contribution in [3.63, 3.8) is 0 Å². The summed E-state index contributed by atoms with van der Waals surface area (Å²) in [6.45, 7) is 4.37. The number of benzene rings is 1. The number of nitrogens with zero attached hydrogens (tertiary/aromatic N) is 4. The van der Waals surface area contributed by atoms with E-state index in [4.69, 9.17) is 0 Å². The van der Waals surface area contributed by atoms with Gasteiger partial charge < -0.3 is 10.2 Å². The maximum atomic E-state index is 13.4. The number of rotatable bonds is 6. The molecule has 6 heteroatoms. The van der Waals surface area contributed by atoms with Crippen LogP contribution in [-0.2, 0) is 13.0 Å². The second-order valence-electron chi connectivity index (χ2n) is 9.23. The molecule has 0 saturated carbocycles. The molecule has 1 aromatic carbocycles. The molecule has 0 radical (unpaired) electrons. The summed E-state index contributed by atoms with van der Waals surface area (Å²) in [5.41, 5.74) is 6.52. The first-order valence-electron chi connectivity index (χ1n) is 12.1. The van der Waals surface area contributed by atoms with E-state index in [1.165, 1.54) is 11.1 Å². The summed E-state index contributed by atoms with van der Waals surface area (Å²) < 4.78 is 1.94. The van der Waals surface area contributed by atoms with Crippen molar-refractivity contribution in [2.24, 2.45) is 5.92 Å². The van der Waals surface area contributed by atoms with Crippen LogP contribution in [0.5, 0.6) is 0 Å². The molecule has 0 aliphatic carbocycles. The SMILES string of the molecule is Cc1ccc(C(=O)N2CCCC(Cc3cccn4nccc34)CC2)cc1NCc1cccnc1. The Morgan fingerprint density at radius 3 is 2.91 bits per heavy atom. The van der Waals surface area contributed by atoms with Gasteiger partial charge >= 0.3 is 0 Å². The fourth-order valence-corrected chi connectivity index (χ4v) is 4.90. The zero-order chi connectivity index (χ0) is 23.3. The lowest BCUT2D eigenvalue weighted by Crippen LogP contribution is -2.32. The highest BCUT2D eigenvalue weighted by Gasteiger charge is 2.23. The molecule has 34 heavy (non-hydrogen) atoms. The van der Waals surface area contributed by atoms with Crippen LogP contribution >= 0.6 is 0 Å². The third-order valence-corrected chi connectivity index (χ3v) is 6.86. The molecule has 1 saturated heterocycles. The van der Waals surface area contributed by atoms with Crippen LogP contribution in [0.2, 0.25) is 0 Å². The molecule has 4 aromatic rings. The number of carbonyl (C=O) groups is 1. The van der Waals surface area contributed by atoms with E-state index in [9.17, 15) is 4.79 Å². The van der Waals surface area contributed by atoms with Crippen molar-refractivity contribution in [2.75, 3.05) is 18.4 Å². The van der Waals surface area contributed by atoms with Gasteiger partial charge in [0.15, 0.2) is 0 Å². The molecule has 0 spiro atoms. The van der Waals surface area contributed by atoms with Gasteiger partial charge in [-0.25, -0.2) is 4.52 Å². The smallest absolute Gasteiger partial charge is 0.253 e. The minimum absolute atomic E-state index is 0.128. The number of likely N-dealkylation sites (tertiary alicyclic amines) is 1. The summed E-state index contributed by atoms with van der Waals surface area (Å²) in [7, 11) is 0. The Bertz CT molecular complexity index is 1270. The molecule has 1 amide bonds. The van der Waals surface area contributed by atoms with Crippen molar-refractivity contribution < 1.29 is 4.79 Å². The monoisotopic (exact) mass is 453 g/mol. The third-order valence-electron chi connectivity index (χ3n) is 6.86. The number of aryl methyl sites for hydroxylation is 1. The molecular weight excluding hydrogens is 422 g/mol. The number of hydrogen-bond donors (Lipinski definition) is 1. The number of amides is 1. The highest BCUT2D eigenvalue weighted by molar-refractivity contribution is 5.95. The first kappa shape index (κ1) is 22.1. The van der Waals surface area contributed by atoms with E-state index in [0.717, 1.165) is 61.2 Å². The van der Waals surface area contributed by atoms with Gasteiger partial charge in [0.25, 0.3) is 5.91 Å². The second-order valence-corrected chi connectivity index (χ2v) is 9.23.